The molecule has 0 aliphatic carbocycles. The van der Waals surface area contributed by atoms with Gasteiger partial charge < -0.3 is 20.1 Å². The van der Waals surface area contributed by atoms with E-state index in [4.69, 9.17) is 21.1 Å². The van der Waals surface area contributed by atoms with Crippen LogP contribution in [0.1, 0.15) is 54.5 Å². The van der Waals surface area contributed by atoms with Crippen molar-refractivity contribution in [2.45, 2.75) is 44.6 Å². The van der Waals surface area contributed by atoms with E-state index >= 15 is 0 Å². The number of piperidine rings is 1. The Hall–Kier alpha value is -3.43. The molecule has 3 unspecified atom stereocenters. The molecule has 1 spiro atoms. The van der Waals surface area contributed by atoms with Crippen LogP contribution < -0.4 is 15.4 Å². The van der Waals surface area contributed by atoms with E-state index in [1.54, 1.807) is 50.2 Å². The number of ether oxygens (including phenoxy) is 2. The van der Waals surface area contributed by atoms with Crippen molar-refractivity contribution in [2.24, 2.45) is 5.41 Å². The first kappa shape index (κ1) is 29.1. The Kier molecular flexibility index (Phi) is 7.63. The lowest BCUT2D eigenvalue weighted by molar-refractivity contribution is -0.152. The summed E-state index contributed by atoms with van der Waals surface area (Å²) in [6, 6.07) is 13.9. The summed E-state index contributed by atoms with van der Waals surface area (Å²) in [6.07, 6.45) is -0.0481. The van der Waals surface area contributed by atoms with Crippen molar-refractivity contribution in [3.63, 3.8) is 0 Å². The Morgan fingerprint density at radius 2 is 1.88 bits per heavy atom. The fraction of sp³-hybridized carbons (Fsp3) is 0.323. The number of esters is 1. The van der Waals surface area contributed by atoms with Crippen LogP contribution in [0.25, 0.3) is 0 Å². The highest BCUT2D eigenvalue weighted by molar-refractivity contribution is 9.10. The van der Waals surface area contributed by atoms with Crippen molar-refractivity contribution in [3.8, 4) is 5.75 Å². The van der Waals surface area contributed by atoms with Crippen LogP contribution in [0.15, 0.2) is 59.1 Å². The molecule has 2 aliphatic rings. The quantitative estimate of drug-likeness (QED) is 0.305. The number of aryl methyl sites for hydroxylation is 1. The van der Waals surface area contributed by atoms with Gasteiger partial charge in [-0.3, -0.25) is 14.4 Å². The molecule has 5 rings (SSSR count). The number of methoxy groups -OCH3 is 1. The van der Waals surface area contributed by atoms with Crippen molar-refractivity contribution in [3.05, 3.63) is 92.2 Å². The summed E-state index contributed by atoms with van der Waals surface area (Å²) < 4.78 is 26.5. The zero-order valence-electron chi connectivity index (χ0n) is 22.9. The van der Waals surface area contributed by atoms with Gasteiger partial charge in [-0.1, -0.05) is 39.7 Å². The van der Waals surface area contributed by atoms with E-state index in [-0.39, 0.29) is 24.8 Å². The van der Waals surface area contributed by atoms with Crippen LogP contribution in [0.4, 0.5) is 10.1 Å². The van der Waals surface area contributed by atoms with Gasteiger partial charge in [-0.2, -0.15) is 0 Å². The number of benzene rings is 3. The number of hydrogen-bond acceptors (Lipinski definition) is 5. The molecule has 10 heteroatoms. The second kappa shape index (κ2) is 10.8. The first-order valence-corrected chi connectivity index (χ1v) is 14.2. The summed E-state index contributed by atoms with van der Waals surface area (Å²) in [5.74, 6) is -1.90. The Balaban J connectivity index is 1.75. The molecular weight excluding hydrogens is 615 g/mol. The molecule has 0 bridgehead atoms. The first-order chi connectivity index (χ1) is 19.4. The van der Waals surface area contributed by atoms with Gasteiger partial charge in [0.15, 0.2) is 0 Å². The molecule has 3 aromatic rings. The van der Waals surface area contributed by atoms with Crippen molar-refractivity contribution in [2.75, 3.05) is 19.0 Å². The molecule has 3 atom stereocenters. The second-order valence-electron chi connectivity index (χ2n) is 11.1. The van der Waals surface area contributed by atoms with Gasteiger partial charge in [0, 0.05) is 33.1 Å². The third-order valence-electron chi connectivity index (χ3n) is 7.98. The lowest BCUT2D eigenvalue weighted by Gasteiger charge is -2.47. The van der Waals surface area contributed by atoms with Crippen molar-refractivity contribution < 1.29 is 28.2 Å². The zero-order valence-corrected chi connectivity index (χ0v) is 25.3. The summed E-state index contributed by atoms with van der Waals surface area (Å²) >= 11 is 9.85. The molecule has 7 nitrogen and oxygen atoms in total. The van der Waals surface area contributed by atoms with E-state index in [0.29, 0.717) is 37.6 Å². The molecule has 3 aromatic carbocycles. The predicted molar refractivity (Wildman–Crippen MR) is 157 cm³/mol. The minimum Gasteiger partial charge on any atom is -0.492 e. The highest BCUT2D eigenvalue weighted by Gasteiger charge is 2.62. The Bertz CT molecular complexity index is 1580. The SMILES string of the molecule is COC(=O)C(C)(C)COc1ccc(Br)cc1C1CC(=O)NC(c2cc(F)ccc2C)C12C(=O)Nc1cc(Cl)ccc12. The minimum absolute atomic E-state index is 0.00888. The Morgan fingerprint density at radius 1 is 1.12 bits per heavy atom. The monoisotopic (exact) mass is 642 g/mol. The van der Waals surface area contributed by atoms with Gasteiger partial charge in [-0.05, 0) is 79.9 Å². The van der Waals surface area contributed by atoms with E-state index in [9.17, 15) is 18.8 Å². The van der Waals surface area contributed by atoms with E-state index in [2.05, 4.69) is 26.6 Å². The lowest BCUT2D eigenvalue weighted by Crippen LogP contribution is -2.57. The van der Waals surface area contributed by atoms with Crippen LogP contribution in [0.5, 0.6) is 5.75 Å². The number of hydrogen-bond donors (Lipinski definition) is 2. The van der Waals surface area contributed by atoms with Crippen LogP contribution in [0.2, 0.25) is 5.02 Å². The Morgan fingerprint density at radius 3 is 2.61 bits per heavy atom. The average molecular weight is 644 g/mol. The highest BCUT2D eigenvalue weighted by atomic mass is 79.9. The maximum atomic E-state index is 14.7. The topological polar surface area (TPSA) is 93.7 Å². The van der Waals surface area contributed by atoms with E-state index < -0.39 is 34.6 Å². The third-order valence-corrected chi connectivity index (χ3v) is 8.71. The second-order valence-corrected chi connectivity index (χ2v) is 12.5. The molecule has 1 fully saturated rings. The molecule has 2 heterocycles. The summed E-state index contributed by atoms with van der Waals surface area (Å²) in [7, 11) is 1.32. The maximum Gasteiger partial charge on any atom is 0.314 e. The lowest BCUT2D eigenvalue weighted by atomic mass is 9.59. The molecule has 1 saturated heterocycles. The van der Waals surface area contributed by atoms with Gasteiger partial charge in [0.05, 0.1) is 18.6 Å². The molecule has 2 amide bonds. The predicted octanol–water partition coefficient (Wildman–Crippen LogP) is 6.36. The maximum absolute atomic E-state index is 14.7. The van der Waals surface area contributed by atoms with Gasteiger partial charge in [0.1, 0.15) is 23.6 Å². The number of rotatable bonds is 6. The van der Waals surface area contributed by atoms with E-state index in [1.807, 2.05) is 13.0 Å². The molecule has 0 radical (unpaired) electrons. The van der Waals surface area contributed by atoms with Gasteiger partial charge in [0.25, 0.3) is 0 Å². The zero-order chi connectivity index (χ0) is 29.7. The molecule has 2 N–H and O–H groups in total. The first-order valence-electron chi connectivity index (χ1n) is 13.1. The summed E-state index contributed by atoms with van der Waals surface area (Å²) in [5, 5.41) is 6.43. The number of carbonyl (C=O) groups is 3. The van der Waals surface area contributed by atoms with Gasteiger partial charge >= 0.3 is 5.97 Å². The average Bonchev–Trinajstić information content (AvgIpc) is 3.20. The number of carbonyl (C=O) groups excluding carboxylic acids is 3. The number of fused-ring (bicyclic) bond motifs is 2. The van der Waals surface area contributed by atoms with Crippen molar-refractivity contribution in [1.82, 2.24) is 5.32 Å². The van der Waals surface area contributed by atoms with E-state index in [1.165, 1.54) is 19.2 Å². The molecule has 41 heavy (non-hydrogen) atoms. The van der Waals surface area contributed by atoms with Crippen molar-refractivity contribution in [1.29, 1.82) is 0 Å². The summed E-state index contributed by atoms with van der Waals surface area (Å²) in [6.45, 7) is 5.22. The standard InChI is InChI=1S/C31H29BrClFN2O5/c1-16-5-8-19(34)13-20(16)27-31(22-9-7-18(33)12-24(22)35-28(31)38)23(14-26(37)36-27)21-11-17(32)6-10-25(21)41-15-30(2,3)29(39)40-4/h5-13,23,27H,14-15H2,1-4H3,(H,35,38)(H,36,37). The third kappa shape index (κ3) is 4.99. The van der Waals surface area contributed by atoms with Crippen LogP contribution >= 0.6 is 27.5 Å². The summed E-state index contributed by atoms with van der Waals surface area (Å²) in [4.78, 5) is 40.1. The minimum atomic E-state index is -1.39. The molecular formula is C31H29BrClFN2O5. The van der Waals surface area contributed by atoms with Crippen LogP contribution in [-0.2, 0) is 24.5 Å². The molecule has 0 saturated carbocycles. The molecule has 0 aromatic heterocycles. The number of anilines is 1. The number of nitrogens with one attached hydrogen (secondary N) is 2. The van der Waals surface area contributed by atoms with Crippen LogP contribution in [0.3, 0.4) is 0 Å². The highest BCUT2D eigenvalue weighted by Crippen LogP contribution is 2.59. The van der Waals surface area contributed by atoms with Gasteiger partial charge in [-0.15, -0.1) is 0 Å². The summed E-state index contributed by atoms with van der Waals surface area (Å²) in [5.41, 5.74) is 0.604. The number of halogens is 3. The van der Waals surface area contributed by atoms with E-state index in [0.717, 1.165) is 5.56 Å². The van der Waals surface area contributed by atoms with Gasteiger partial charge in [0.2, 0.25) is 11.8 Å². The molecule has 214 valence electrons. The Labute approximate surface area is 250 Å². The van der Waals surface area contributed by atoms with Crippen LogP contribution in [-0.4, -0.2) is 31.5 Å². The fourth-order valence-electron chi connectivity index (χ4n) is 5.96. The largest absolute Gasteiger partial charge is 0.492 e. The van der Waals surface area contributed by atoms with Crippen molar-refractivity contribution >= 4 is 51.0 Å². The number of amides is 2. The van der Waals surface area contributed by atoms with Gasteiger partial charge in [-0.25, -0.2) is 4.39 Å². The normalized spacial score (nSPS) is 21.7. The molecule has 2 aliphatic heterocycles. The van der Waals surface area contributed by atoms with Crippen LogP contribution in [0, 0.1) is 18.2 Å². The fourth-order valence-corrected chi connectivity index (χ4v) is 6.51. The smallest absolute Gasteiger partial charge is 0.314 e.